The number of aryl methyl sites for hydroxylation is 3. The molecule has 0 fully saturated rings. The molecular weight excluding hydrogens is 1390 g/mol. The number of rotatable bonds is 14. The van der Waals surface area contributed by atoms with Crippen molar-refractivity contribution in [1.29, 1.82) is 0 Å². The molecule has 0 radical (unpaired) electrons. The standard InChI is InChI=1S/C30H30F2N2O3.C29H29FN2O4.C28H26N4O4/c1-16-15-21-19(8-10-23(34-21)30(6,31)32)26(24(16)28(17(2)35)37-29(3,4)5)20-7-9-22-25-18(12-14-36-22)11-13-33-27(20)25;1-15-14-21-18(6-8-20(32-21)16(2)30)25(23(15)27(28(33)34)36-29(3,4)5)19-7-9-22-24-17(11-13-35-22)10-12-31-26(19)24;1-15-13-20-18(6-5-17-14-30-31-32(17)20)24(22(15)26(27(33)34)36-28(2,3)4)19-7-8-21-23-16(10-12-35-21)9-11-29-25(19)23/h7-11,13,15,28H,12,14H2,1-6H3;6-10,12,14,16,27H,11,13H2,1-5H3,(H,33,34);5-9,11,13-14,26H,10,12H2,1-4H3,(H,33,34)/t28-;16?,27-;26-/m100/s1. The third kappa shape index (κ3) is 14.4. The number of ketones is 1. The van der Waals surface area contributed by atoms with Crippen LogP contribution in [0.2, 0.25) is 0 Å². The van der Waals surface area contributed by atoms with Gasteiger partial charge in [-0.2, -0.15) is 8.78 Å². The molecule has 0 saturated carbocycles. The quantitative estimate of drug-likeness (QED) is 0.103. The number of alkyl halides is 3. The van der Waals surface area contributed by atoms with Gasteiger partial charge >= 0.3 is 11.9 Å². The van der Waals surface area contributed by atoms with Crippen LogP contribution < -0.4 is 14.2 Å². The van der Waals surface area contributed by atoms with E-state index in [0.717, 1.165) is 137 Å². The number of hydrogen-bond donors (Lipinski definition) is 2. The van der Waals surface area contributed by atoms with E-state index in [-0.39, 0.29) is 11.5 Å². The van der Waals surface area contributed by atoms with Crippen molar-refractivity contribution in [2.45, 2.75) is 170 Å². The maximum Gasteiger partial charge on any atom is 0.337 e. The van der Waals surface area contributed by atoms with Gasteiger partial charge in [0.15, 0.2) is 18.0 Å². The highest BCUT2D eigenvalue weighted by molar-refractivity contribution is 6.12. The van der Waals surface area contributed by atoms with Crippen LogP contribution >= 0.6 is 0 Å². The van der Waals surface area contributed by atoms with Gasteiger partial charge in [-0.25, -0.2) is 28.5 Å². The van der Waals surface area contributed by atoms with Gasteiger partial charge in [0.1, 0.15) is 35.2 Å². The van der Waals surface area contributed by atoms with E-state index < -0.39 is 59.1 Å². The third-order valence-electron chi connectivity index (χ3n) is 19.7. The second-order valence-corrected chi connectivity index (χ2v) is 31.2. The maximum absolute atomic E-state index is 14.2. The first kappa shape index (κ1) is 74.8. The van der Waals surface area contributed by atoms with E-state index >= 15 is 0 Å². The summed E-state index contributed by atoms with van der Waals surface area (Å²) in [5.74, 6) is -3.06. The fourth-order valence-corrected chi connectivity index (χ4v) is 15.3. The number of ether oxygens (including phenoxy) is 6. The average Bonchev–Trinajstić information content (AvgIpc) is 1.75. The number of halogens is 3. The Morgan fingerprint density at radius 1 is 0.505 bits per heavy atom. The summed E-state index contributed by atoms with van der Waals surface area (Å²) >= 11 is 0. The second kappa shape index (κ2) is 28.5. The molecule has 560 valence electrons. The van der Waals surface area contributed by atoms with Crippen molar-refractivity contribution in [3.8, 4) is 50.6 Å². The highest BCUT2D eigenvalue weighted by atomic mass is 19.3. The number of aromatic nitrogens is 8. The summed E-state index contributed by atoms with van der Waals surface area (Å²) in [6, 6.07) is 33.5. The molecule has 0 bridgehead atoms. The molecule has 22 heteroatoms. The summed E-state index contributed by atoms with van der Waals surface area (Å²) in [5.41, 5.74) is 14.9. The number of Topliss-reactive ketones (excluding diaryl/α,β-unsaturated/α-hetero) is 1. The molecule has 6 aromatic carbocycles. The van der Waals surface area contributed by atoms with E-state index in [4.69, 9.17) is 43.4 Å². The smallest absolute Gasteiger partial charge is 0.337 e. The normalized spacial score (nSPS) is 14.7. The molecule has 3 aliphatic heterocycles. The van der Waals surface area contributed by atoms with Crippen LogP contribution in [-0.4, -0.2) is 104 Å². The average molecular weight is 1480 g/mol. The van der Waals surface area contributed by atoms with Gasteiger partial charge in [0, 0.05) is 105 Å². The zero-order valence-electron chi connectivity index (χ0n) is 63.5. The van der Waals surface area contributed by atoms with Crippen molar-refractivity contribution in [1.82, 2.24) is 39.7 Å². The highest BCUT2D eigenvalue weighted by Crippen LogP contribution is 2.50. The number of benzene rings is 6. The lowest BCUT2D eigenvalue weighted by molar-refractivity contribution is -0.161. The summed E-state index contributed by atoms with van der Waals surface area (Å²) < 4.78 is 80.7. The van der Waals surface area contributed by atoms with Gasteiger partial charge < -0.3 is 38.6 Å². The van der Waals surface area contributed by atoms with Crippen LogP contribution in [0.1, 0.15) is 169 Å². The van der Waals surface area contributed by atoms with Crippen molar-refractivity contribution in [2.24, 2.45) is 0 Å². The van der Waals surface area contributed by atoms with Crippen LogP contribution in [0.4, 0.5) is 13.2 Å². The number of nitrogens with zero attached hydrogens (tertiary/aromatic N) is 8. The lowest BCUT2D eigenvalue weighted by atomic mass is 9.85. The van der Waals surface area contributed by atoms with E-state index in [1.54, 1.807) is 41.3 Å². The monoisotopic (exact) mass is 1470 g/mol. The van der Waals surface area contributed by atoms with E-state index in [0.29, 0.717) is 80.7 Å². The molecule has 4 atom stereocenters. The summed E-state index contributed by atoms with van der Waals surface area (Å²) in [7, 11) is 0. The molecule has 3 aliphatic rings. The van der Waals surface area contributed by atoms with Crippen LogP contribution in [-0.2, 0) is 53.8 Å². The molecule has 1 unspecified atom stereocenters. The Morgan fingerprint density at radius 3 is 1.31 bits per heavy atom. The number of carboxylic acids is 2. The number of carbonyl (C=O) groups is 3. The van der Waals surface area contributed by atoms with Crippen LogP contribution in [0, 0.1) is 20.8 Å². The number of carboxylic acid groups (broad SMARTS) is 2. The molecule has 109 heavy (non-hydrogen) atoms. The summed E-state index contributed by atoms with van der Waals surface area (Å²) in [5, 5.41) is 34.0. The van der Waals surface area contributed by atoms with Gasteiger partial charge in [-0.15, -0.1) is 5.10 Å². The second-order valence-electron chi connectivity index (χ2n) is 31.2. The van der Waals surface area contributed by atoms with E-state index in [1.165, 1.54) is 25.5 Å². The van der Waals surface area contributed by atoms with Gasteiger partial charge in [0.25, 0.3) is 5.92 Å². The first-order chi connectivity index (χ1) is 51.6. The first-order valence-corrected chi connectivity index (χ1v) is 36.4. The number of aliphatic carboxylic acids is 2. The molecule has 10 heterocycles. The van der Waals surface area contributed by atoms with E-state index in [9.17, 15) is 37.8 Å². The predicted molar refractivity (Wildman–Crippen MR) is 414 cm³/mol. The zero-order chi connectivity index (χ0) is 77.7. The molecule has 0 amide bonds. The fourth-order valence-electron chi connectivity index (χ4n) is 15.3. The molecule has 19 nitrogen and oxygen atoms in total. The Bertz CT molecular complexity index is 5840. The maximum atomic E-state index is 14.2. The van der Waals surface area contributed by atoms with Crippen molar-refractivity contribution < 1.29 is 66.2 Å². The summed E-state index contributed by atoms with van der Waals surface area (Å²) in [4.78, 5) is 61.4. The molecule has 2 N–H and O–H groups in total. The minimum absolute atomic E-state index is 0.151. The van der Waals surface area contributed by atoms with Crippen molar-refractivity contribution in [3.05, 3.63) is 195 Å². The van der Waals surface area contributed by atoms with Crippen molar-refractivity contribution in [3.63, 3.8) is 0 Å². The predicted octanol–water partition coefficient (Wildman–Crippen LogP) is 19.2. The summed E-state index contributed by atoms with van der Waals surface area (Å²) in [6.45, 7) is 28.0. The SMILES string of the molecule is CC(=O)[C@@H](OC(C)(C)C)c1c(C)cc2nc(C(C)(F)F)ccc2c1-c1ccc2c3c(ccnc13)CCO2.Cc1cc2c(ccc3cnnn32)c(-c2ccc3c4c(ccnc24)CCO3)c1[C@H](OC(C)(C)C)C(=O)O.Cc1cc2nc(C(C)F)ccc2c(-c2ccc3c4c(ccnc24)CCO3)c1[C@H](OC(C)(C)C)C(=O)O. The van der Waals surface area contributed by atoms with Gasteiger partial charge in [-0.3, -0.25) is 19.7 Å². The lowest BCUT2D eigenvalue weighted by Crippen LogP contribution is -2.28. The largest absolute Gasteiger partial charge is 0.493 e. The zero-order valence-corrected chi connectivity index (χ0v) is 63.5. The van der Waals surface area contributed by atoms with E-state index in [2.05, 4.69) is 20.3 Å². The third-order valence-corrected chi connectivity index (χ3v) is 19.7. The topological polar surface area (TPSA) is 242 Å². The van der Waals surface area contributed by atoms with E-state index in [1.807, 2.05) is 174 Å². The highest BCUT2D eigenvalue weighted by Gasteiger charge is 2.38. The molecule has 13 aromatic rings. The fraction of sp³-hybridized carbons (Fsp3) is 0.333. The molecule has 16 rings (SSSR count). The molecule has 0 spiro atoms. The Morgan fingerprint density at radius 2 is 0.899 bits per heavy atom. The number of fused-ring (bicyclic) bond motifs is 5. The van der Waals surface area contributed by atoms with Gasteiger partial charge in [-0.1, -0.05) is 17.3 Å². The Balaban J connectivity index is 0.000000137. The molecule has 7 aromatic heterocycles. The number of carbonyl (C=O) groups excluding carboxylic acids is 1. The molecular formula is C87H85F3N8O11. The number of pyridine rings is 6. The van der Waals surface area contributed by atoms with Crippen LogP contribution in [0.5, 0.6) is 17.2 Å². The minimum Gasteiger partial charge on any atom is -0.493 e. The van der Waals surface area contributed by atoms with Gasteiger partial charge in [0.2, 0.25) is 0 Å². The first-order valence-electron chi connectivity index (χ1n) is 36.4. The Hall–Kier alpha value is -11.1. The lowest BCUT2D eigenvalue weighted by Gasteiger charge is -2.30. The molecule has 0 saturated heterocycles. The van der Waals surface area contributed by atoms with Crippen molar-refractivity contribution >= 4 is 88.7 Å². The van der Waals surface area contributed by atoms with Crippen LogP contribution in [0.3, 0.4) is 0 Å². The van der Waals surface area contributed by atoms with Gasteiger partial charge in [0.05, 0.1) is 87.1 Å². The Labute approximate surface area is 627 Å². The molecule has 0 aliphatic carbocycles. The van der Waals surface area contributed by atoms with Gasteiger partial charge in [-0.05, 0) is 250 Å². The summed E-state index contributed by atoms with van der Waals surface area (Å²) in [6.07, 6.45) is 4.87. The van der Waals surface area contributed by atoms with Crippen molar-refractivity contribution in [2.75, 3.05) is 19.8 Å². The Kier molecular flexibility index (Phi) is 19.5. The van der Waals surface area contributed by atoms with Crippen LogP contribution in [0.25, 0.3) is 104 Å². The van der Waals surface area contributed by atoms with Crippen LogP contribution in [0.15, 0.2) is 134 Å². The minimum atomic E-state index is -3.09. The number of hydrogen-bond acceptors (Lipinski definition) is 16.